The highest BCUT2D eigenvalue weighted by Gasteiger charge is 2.21. The molecule has 2 aromatic rings. The summed E-state index contributed by atoms with van der Waals surface area (Å²) in [5, 5.41) is 27.5. The molecule has 98 valence electrons. The van der Waals surface area contributed by atoms with Crippen molar-refractivity contribution >= 4 is 17.5 Å². The topological polar surface area (TPSA) is 119 Å². The van der Waals surface area contributed by atoms with Gasteiger partial charge in [-0.15, -0.1) is 0 Å². The SMILES string of the molecule is N#C/C(C=N)=C(/c1cnc[nH]1)c1ccccc1[N+](=O)[O-]. The molecule has 0 radical (unpaired) electrons. The quantitative estimate of drug-likeness (QED) is 0.382. The molecular formula is C13H9N5O2. The summed E-state index contributed by atoms with van der Waals surface area (Å²) in [4.78, 5) is 17.2. The molecular weight excluding hydrogens is 258 g/mol. The molecule has 1 heterocycles. The standard InChI is InChI=1S/C13H9N5O2/c14-5-9(6-15)13(11-7-16-8-17-11)10-3-1-2-4-12(10)18(19)20/h1-5,7-8,14H,(H,16,17)/b13-9+,14-5?. The van der Waals surface area contributed by atoms with Crippen molar-refractivity contribution in [3.05, 3.63) is 63.7 Å². The molecule has 0 amide bonds. The van der Waals surface area contributed by atoms with Gasteiger partial charge in [0.25, 0.3) is 5.69 Å². The van der Waals surface area contributed by atoms with Gasteiger partial charge in [0.1, 0.15) is 6.07 Å². The monoisotopic (exact) mass is 267 g/mol. The number of para-hydroxylation sites is 1. The average molecular weight is 267 g/mol. The van der Waals surface area contributed by atoms with Gasteiger partial charge >= 0.3 is 0 Å². The van der Waals surface area contributed by atoms with Gasteiger partial charge in [-0.05, 0) is 6.07 Å². The van der Waals surface area contributed by atoms with E-state index in [-0.39, 0.29) is 22.4 Å². The molecule has 2 rings (SSSR count). The number of aromatic nitrogens is 2. The summed E-state index contributed by atoms with van der Waals surface area (Å²) in [5.74, 6) is 0. The zero-order chi connectivity index (χ0) is 14.5. The third-order valence-corrected chi connectivity index (χ3v) is 2.67. The number of H-pyrrole nitrogens is 1. The number of benzene rings is 1. The van der Waals surface area contributed by atoms with E-state index in [1.165, 1.54) is 24.7 Å². The fraction of sp³-hybridized carbons (Fsp3) is 0. The Balaban J connectivity index is 2.79. The second-order valence-corrected chi connectivity index (χ2v) is 3.78. The van der Waals surface area contributed by atoms with Crippen LogP contribution < -0.4 is 0 Å². The maximum Gasteiger partial charge on any atom is 0.277 e. The van der Waals surface area contributed by atoms with Gasteiger partial charge in [-0.3, -0.25) is 10.1 Å². The summed E-state index contributed by atoms with van der Waals surface area (Å²) in [7, 11) is 0. The summed E-state index contributed by atoms with van der Waals surface area (Å²) in [5.41, 5.74) is 0.878. The number of nitro benzene ring substituents is 1. The predicted octanol–water partition coefficient (Wildman–Crippen LogP) is 2.29. The van der Waals surface area contributed by atoms with E-state index in [0.29, 0.717) is 5.69 Å². The van der Waals surface area contributed by atoms with Gasteiger partial charge in [0, 0.05) is 17.9 Å². The highest BCUT2D eigenvalue weighted by atomic mass is 16.6. The lowest BCUT2D eigenvalue weighted by Crippen LogP contribution is -1.99. The van der Waals surface area contributed by atoms with Crippen molar-refractivity contribution in [2.45, 2.75) is 0 Å². The van der Waals surface area contributed by atoms with Crippen molar-refractivity contribution in [2.75, 3.05) is 0 Å². The number of rotatable bonds is 4. The van der Waals surface area contributed by atoms with Crippen LogP contribution in [0.25, 0.3) is 5.57 Å². The molecule has 0 aliphatic carbocycles. The molecule has 0 aliphatic heterocycles. The van der Waals surface area contributed by atoms with Gasteiger partial charge in [-0.25, -0.2) is 4.98 Å². The minimum Gasteiger partial charge on any atom is -0.345 e. The smallest absolute Gasteiger partial charge is 0.277 e. The summed E-state index contributed by atoms with van der Waals surface area (Å²) in [6.45, 7) is 0. The van der Waals surface area contributed by atoms with Gasteiger partial charge in [-0.1, -0.05) is 12.1 Å². The molecule has 0 unspecified atom stereocenters. The van der Waals surface area contributed by atoms with Crippen molar-refractivity contribution in [1.29, 1.82) is 10.7 Å². The first-order chi connectivity index (χ1) is 9.69. The van der Waals surface area contributed by atoms with Crippen LogP contribution in [0.1, 0.15) is 11.3 Å². The third kappa shape index (κ3) is 2.30. The normalized spacial score (nSPS) is 11.3. The van der Waals surface area contributed by atoms with Gasteiger partial charge in [0.15, 0.2) is 0 Å². The Labute approximate surface area is 113 Å². The maximum absolute atomic E-state index is 11.1. The van der Waals surface area contributed by atoms with Crippen molar-refractivity contribution in [2.24, 2.45) is 0 Å². The van der Waals surface area contributed by atoms with E-state index in [4.69, 9.17) is 10.7 Å². The van der Waals surface area contributed by atoms with Crippen LogP contribution in [-0.2, 0) is 0 Å². The largest absolute Gasteiger partial charge is 0.345 e. The lowest BCUT2D eigenvalue weighted by atomic mass is 9.97. The van der Waals surface area contributed by atoms with Crippen molar-refractivity contribution in [3.63, 3.8) is 0 Å². The lowest BCUT2D eigenvalue weighted by Gasteiger charge is -2.07. The number of allylic oxidation sites excluding steroid dienone is 1. The number of imidazole rings is 1. The summed E-state index contributed by atoms with van der Waals surface area (Å²) in [6, 6.07) is 7.94. The number of nitro groups is 1. The summed E-state index contributed by atoms with van der Waals surface area (Å²) >= 11 is 0. The third-order valence-electron chi connectivity index (χ3n) is 2.67. The fourth-order valence-corrected chi connectivity index (χ4v) is 1.83. The van der Waals surface area contributed by atoms with Gasteiger partial charge in [0.05, 0.1) is 34.3 Å². The Kier molecular flexibility index (Phi) is 3.67. The molecule has 1 aromatic carbocycles. The molecule has 7 nitrogen and oxygen atoms in total. The predicted molar refractivity (Wildman–Crippen MR) is 72.1 cm³/mol. The highest BCUT2D eigenvalue weighted by molar-refractivity contribution is 6.00. The minimum atomic E-state index is -0.523. The molecule has 0 aliphatic rings. The molecule has 7 heteroatoms. The molecule has 20 heavy (non-hydrogen) atoms. The van der Waals surface area contributed by atoms with Crippen molar-refractivity contribution in [3.8, 4) is 6.07 Å². The minimum absolute atomic E-state index is 0.0172. The highest BCUT2D eigenvalue weighted by Crippen LogP contribution is 2.31. The number of aromatic amines is 1. The summed E-state index contributed by atoms with van der Waals surface area (Å²) < 4.78 is 0. The van der Waals surface area contributed by atoms with E-state index in [1.807, 2.05) is 6.07 Å². The number of nitrogens with zero attached hydrogens (tertiary/aromatic N) is 3. The van der Waals surface area contributed by atoms with Crippen LogP contribution in [0.3, 0.4) is 0 Å². The van der Waals surface area contributed by atoms with Crippen LogP contribution >= 0.6 is 0 Å². The Hall–Kier alpha value is -3.27. The molecule has 0 bridgehead atoms. The van der Waals surface area contributed by atoms with E-state index in [9.17, 15) is 10.1 Å². The molecule has 0 saturated heterocycles. The molecule has 0 spiro atoms. The van der Waals surface area contributed by atoms with Crippen LogP contribution in [0, 0.1) is 26.9 Å². The zero-order valence-electron chi connectivity index (χ0n) is 10.2. The fourth-order valence-electron chi connectivity index (χ4n) is 1.83. The van der Waals surface area contributed by atoms with E-state index in [1.54, 1.807) is 12.1 Å². The van der Waals surface area contributed by atoms with Crippen molar-refractivity contribution in [1.82, 2.24) is 9.97 Å². The van der Waals surface area contributed by atoms with Crippen molar-refractivity contribution < 1.29 is 4.92 Å². The Morgan fingerprint density at radius 3 is 2.80 bits per heavy atom. The lowest BCUT2D eigenvalue weighted by molar-refractivity contribution is -0.385. The first-order valence-corrected chi connectivity index (χ1v) is 5.56. The summed E-state index contributed by atoms with van der Waals surface area (Å²) in [6.07, 6.45) is 3.73. The van der Waals surface area contributed by atoms with E-state index in [0.717, 1.165) is 6.21 Å². The van der Waals surface area contributed by atoms with Crippen LogP contribution in [-0.4, -0.2) is 21.1 Å². The maximum atomic E-state index is 11.1. The first-order valence-electron chi connectivity index (χ1n) is 5.56. The number of nitrogens with one attached hydrogen (secondary N) is 2. The van der Waals surface area contributed by atoms with Gasteiger partial charge in [-0.2, -0.15) is 5.26 Å². The Morgan fingerprint density at radius 1 is 1.50 bits per heavy atom. The van der Waals surface area contributed by atoms with Crippen LogP contribution in [0.2, 0.25) is 0 Å². The van der Waals surface area contributed by atoms with E-state index >= 15 is 0 Å². The number of hydrogen-bond donors (Lipinski definition) is 2. The van der Waals surface area contributed by atoms with Crippen LogP contribution in [0.4, 0.5) is 5.69 Å². The second kappa shape index (κ2) is 5.58. The van der Waals surface area contributed by atoms with E-state index in [2.05, 4.69) is 9.97 Å². The molecule has 0 saturated carbocycles. The second-order valence-electron chi connectivity index (χ2n) is 3.78. The zero-order valence-corrected chi connectivity index (χ0v) is 10.2. The molecule has 0 fully saturated rings. The molecule has 0 atom stereocenters. The van der Waals surface area contributed by atoms with E-state index < -0.39 is 4.92 Å². The molecule has 1 aromatic heterocycles. The van der Waals surface area contributed by atoms with Crippen LogP contribution in [0.5, 0.6) is 0 Å². The molecule has 2 N–H and O–H groups in total. The Morgan fingerprint density at radius 2 is 2.25 bits per heavy atom. The Bertz CT molecular complexity index is 725. The number of hydrogen-bond acceptors (Lipinski definition) is 5. The number of nitriles is 1. The van der Waals surface area contributed by atoms with Gasteiger partial charge < -0.3 is 10.4 Å². The van der Waals surface area contributed by atoms with Crippen LogP contribution in [0.15, 0.2) is 42.4 Å². The average Bonchev–Trinajstić information content (AvgIpc) is 2.98. The van der Waals surface area contributed by atoms with Gasteiger partial charge in [0.2, 0.25) is 0 Å². The first kappa shape index (κ1) is 13.2.